The SMILES string of the molecule is CCc1ccc(C(C)NC(=O)COc2cccc(C#N)c2)cc1. The van der Waals surface area contributed by atoms with Crippen LogP contribution in [0, 0.1) is 11.3 Å². The third-order valence-corrected chi connectivity index (χ3v) is 3.60. The Bertz CT molecular complexity index is 702. The molecule has 0 saturated carbocycles. The minimum atomic E-state index is -0.195. The number of nitrogens with one attached hydrogen (secondary N) is 1. The molecule has 2 aromatic carbocycles. The van der Waals surface area contributed by atoms with E-state index >= 15 is 0 Å². The predicted octanol–water partition coefficient (Wildman–Crippen LogP) is 3.38. The van der Waals surface area contributed by atoms with Crippen molar-refractivity contribution in [2.45, 2.75) is 26.3 Å². The molecule has 0 aliphatic heterocycles. The number of carbonyl (C=O) groups excluding carboxylic acids is 1. The second-order valence-corrected chi connectivity index (χ2v) is 5.31. The summed E-state index contributed by atoms with van der Waals surface area (Å²) in [6, 6.07) is 16.9. The van der Waals surface area contributed by atoms with Gasteiger partial charge in [-0.3, -0.25) is 4.79 Å². The first kappa shape index (κ1) is 16.6. The molecule has 2 aromatic rings. The Morgan fingerprint density at radius 1 is 1.26 bits per heavy atom. The minimum Gasteiger partial charge on any atom is -0.484 e. The van der Waals surface area contributed by atoms with Gasteiger partial charge in [0, 0.05) is 0 Å². The topological polar surface area (TPSA) is 62.1 Å². The highest BCUT2D eigenvalue weighted by Gasteiger charge is 2.10. The van der Waals surface area contributed by atoms with Crippen molar-refractivity contribution < 1.29 is 9.53 Å². The van der Waals surface area contributed by atoms with Gasteiger partial charge in [-0.05, 0) is 42.7 Å². The molecule has 0 aliphatic carbocycles. The molecule has 0 aliphatic rings. The van der Waals surface area contributed by atoms with Crippen LogP contribution in [0.4, 0.5) is 0 Å². The molecular formula is C19H20N2O2. The predicted molar refractivity (Wildman–Crippen MR) is 89.0 cm³/mol. The molecule has 0 radical (unpaired) electrons. The lowest BCUT2D eigenvalue weighted by molar-refractivity contribution is -0.123. The first-order chi connectivity index (χ1) is 11.1. The van der Waals surface area contributed by atoms with Gasteiger partial charge in [-0.25, -0.2) is 0 Å². The Balaban J connectivity index is 1.87. The van der Waals surface area contributed by atoms with Crippen LogP contribution in [0.25, 0.3) is 0 Å². The van der Waals surface area contributed by atoms with Crippen molar-refractivity contribution in [3.05, 3.63) is 65.2 Å². The summed E-state index contributed by atoms with van der Waals surface area (Å²) in [5, 5.41) is 11.7. The summed E-state index contributed by atoms with van der Waals surface area (Å²) < 4.78 is 5.42. The number of ether oxygens (including phenoxy) is 1. The van der Waals surface area contributed by atoms with Crippen LogP contribution in [0.3, 0.4) is 0 Å². The van der Waals surface area contributed by atoms with Gasteiger partial charge in [0.25, 0.3) is 5.91 Å². The van der Waals surface area contributed by atoms with E-state index in [9.17, 15) is 4.79 Å². The van der Waals surface area contributed by atoms with Crippen LogP contribution in [0.2, 0.25) is 0 Å². The quantitative estimate of drug-likeness (QED) is 0.890. The Kier molecular flexibility index (Phi) is 5.76. The van der Waals surface area contributed by atoms with Crippen molar-refractivity contribution >= 4 is 5.91 Å². The van der Waals surface area contributed by atoms with Crippen molar-refractivity contribution in [1.82, 2.24) is 5.32 Å². The maximum atomic E-state index is 12.0. The summed E-state index contributed by atoms with van der Waals surface area (Å²) in [5.41, 5.74) is 2.84. The Morgan fingerprint density at radius 3 is 2.65 bits per heavy atom. The monoisotopic (exact) mass is 308 g/mol. The zero-order chi connectivity index (χ0) is 16.7. The molecule has 0 heterocycles. The largest absolute Gasteiger partial charge is 0.484 e. The summed E-state index contributed by atoms with van der Waals surface area (Å²) in [5.74, 6) is 0.318. The van der Waals surface area contributed by atoms with Crippen LogP contribution < -0.4 is 10.1 Å². The van der Waals surface area contributed by atoms with Crippen molar-refractivity contribution in [2.24, 2.45) is 0 Å². The summed E-state index contributed by atoms with van der Waals surface area (Å²) in [4.78, 5) is 12.0. The van der Waals surface area contributed by atoms with E-state index in [1.54, 1.807) is 24.3 Å². The molecular weight excluding hydrogens is 288 g/mol. The standard InChI is InChI=1S/C19H20N2O2/c1-3-15-7-9-17(10-8-15)14(2)21-19(22)13-23-18-6-4-5-16(11-18)12-20/h4-11,14H,3,13H2,1-2H3,(H,21,22). The number of carbonyl (C=O) groups is 1. The van der Waals surface area contributed by atoms with Crippen LogP contribution in [0.15, 0.2) is 48.5 Å². The van der Waals surface area contributed by atoms with Crippen LogP contribution in [0.5, 0.6) is 5.75 Å². The fourth-order valence-corrected chi connectivity index (χ4v) is 2.21. The summed E-state index contributed by atoms with van der Waals surface area (Å²) in [6.07, 6.45) is 0.997. The second-order valence-electron chi connectivity index (χ2n) is 5.31. The van der Waals surface area contributed by atoms with E-state index in [2.05, 4.69) is 24.4 Å². The van der Waals surface area contributed by atoms with Crippen LogP contribution in [-0.2, 0) is 11.2 Å². The molecule has 2 rings (SSSR count). The molecule has 1 N–H and O–H groups in total. The second kappa shape index (κ2) is 8.00. The van der Waals surface area contributed by atoms with Crippen LogP contribution >= 0.6 is 0 Å². The van der Waals surface area contributed by atoms with Gasteiger partial charge in [0.05, 0.1) is 17.7 Å². The number of nitriles is 1. The van der Waals surface area contributed by atoms with Crippen molar-refractivity contribution in [3.8, 4) is 11.8 Å². The van der Waals surface area contributed by atoms with Gasteiger partial charge >= 0.3 is 0 Å². The minimum absolute atomic E-state index is 0.0771. The van der Waals surface area contributed by atoms with Gasteiger partial charge < -0.3 is 10.1 Å². The molecule has 4 nitrogen and oxygen atoms in total. The number of aryl methyl sites for hydroxylation is 1. The smallest absolute Gasteiger partial charge is 0.258 e. The molecule has 0 spiro atoms. The number of benzene rings is 2. The molecule has 0 bridgehead atoms. The normalized spacial score (nSPS) is 11.3. The van der Waals surface area contributed by atoms with E-state index in [1.807, 2.05) is 25.1 Å². The number of nitrogens with zero attached hydrogens (tertiary/aromatic N) is 1. The summed E-state index contributed by atoms with van der Waals surface area (Å²) in [6.45, 7) is 3.97. The number of amides is 1. The first-order valence-corrected chi connectivity index (χ1v) is 7.63. The lowest BCUT2D eigenvalue weighted by Crippen LogP contribution is -2.31. The third kappa shape index (κ3) is 4.86. The van der Waals surface area contributed by atoms with Gasteiger partial charge in [-0.15, -0.1) is 0 Å². The van der Waals surface area contributed by atoms with Crippen LogP contribution in [0.1, 0.15) is 36.6 Å². The number of hydrogen-bond donors (Lipinski definition) is 1. The van der Waals surface area contributed by atoms with E-state index in [4.69, 9.17) is 10.00 Å². The van der Waals surface area contributed by atoms with Gasteiger partial charge in [0.1, 0.15) is 5.75 Å². The van der Waals surface area contributed by atoms with E-state index in [0.29, 0.717) is 11.3 Å². The molecule has 1 unspecified atom stereocenters. The molecule has 118 valence electrons. The Morgan fingerprint density at radius 2 is 2.00 bits per heavy atom. The molecule has 1 atom stereocenters. The average Bonchev–Trinajstić information content (AvgIpc) is 2.60. The molecule has 0 saturated heterocycles. The van der Waals surface area contributed by atoms with Gasteiger partial charge in [0.2, 0.25) is 0 Å². The highest BCUT2D eigenvalue weighted by atomic mass is 16.5. The average molecular weight is 308 g/mol. The first-order valence-electron chi connectivity index (χ1n) is 7.63. The van der Waals surface area contributed by atoms with E-state index < -0.39 is 0 Å². The highest BCUT2D eigenvalue weighted by molar-refractivity contribution is 5.78. The molecule has 0 fully saturated rings. The maximum Gasteiger partial charge on any atom is 0.258 e. The maximum absolute atomic E-state index is 12.0. The summed E-state index contributed by atoms with van der Waals surface area (Å²) in [7, 11) is 0. The van der Waals surface area contributed by atoms with Gasteiger partial charge in [-0.2, -0.15) is 5.26 Å². The van der Waals surface area contributed by atoms with Crippen molar-refractivity contribution in [1.29, 1.82) is 5.26 Å². The van der Waals surface area contributed by atoms with Crippen molar-refractivity contribution in [2.75, 3.05) is 6.61 Å². The van der Waals surface area contributed by atoms with Gasteiger partial charge in [0.15, 0.2) is 6.61 Å². The molecule has 0 aromatic heterocycles. The third-order valence-electron chi connectivity index (χ3n) is 3.60. The zero-order valence-electron chi connectivity index (χ0n) is 13.4. The van der Waals surface area contributed by atoms with E-state index in [-0.39, 0.29) is 18.6 Å². The lowest BCUT2D eigenvalue weighted by atomic mass is 10.1. The van der Waals surface area contributed by atoms with E-state index in [0.717, 1.165) is 12.0 Å². The summed E-state index contributed by atoms with van der Waals surface area (Å²) >= 11 is 0. The van der Waals surface area contributed by atoms with Crippen molar-refractivity contribution in [3.63, 3.8) is 0 Å². The van der Waals surface area contributed by atoms with Crippen LogP contribution in [-0.4, -0.2) is 12.5 Å². The Labute approximate surface area is 136 Å². The molecule has 1 amide bonds. The fraction of sp³-hybridized carbons (Fsp3) is 0.263. The zero-order valence-corrected chi connectivity index (χ0v) is 13.4. The molecule has 23 heavy (non-hydrogen) atoms. The molecule has 4 heteroatoms. The number of hydrogen-bond acceptors (Lipinski definition) is 3. The number of rotatable bonds is 6. The fourth-order valence-electron chi connectivity index (χ4n) is 2.21. The Hall–Kier alpha value is -2.80. The lowest BCUT2D eigenvalue weighted by Gasteiger charge is -2.15. The highest BCUT2D eigenvalue weighted by Crippen LogP contribution is 2.15. The van der Waals surface area contributed by atoms with Gasteiger partial charge in [-0.1, -0.05) is 37.3 Å². The van der Waals surface area contributed by atoms with E-state index in [1.165, 1.54) is 5.56 Å².